The lowest BCUT2D eigenvalue weighted by Gasteiger charge is -2.38. The molecule has 31 heavy (non-hydrogen) atoms. The Balaban J connectivity index is 1.76. The number of piperazine rings is 1. The van der Waals surface area contributed by atoms with Gasteiger partial charge in [-0.25, -0.2) is 9.37 Å². The summed E-state index contributed by atoms with van der Waals surface area (Å²) < 4.78 is 18.7. The first kappa shape index (κ1) is 20.7. The highest BCUT2D eigenvalue weighted by molar-refractivity contribution is 6.13. The molecule has 0 radical (unpaired) electrons. The van der Waals surface area contributed by atoms with E-state index in [2.05, 4.69) is 44.3 Å². The zero-order valence-corrected chi connectivity index (χ0v) is 17.4. The van der Waals surface area contributed by atoms with Gasteiger partial charge in [-0.05, 0) is 26.0 Å². The van der Waals surface area contributed by atoms with Crippen LogP contribution in [0.2, 0.25) is 0 Å². The van der Waals surface area contributed by atoms with Crippen molar-refractivity contribution in [1.82, 2.24) is 20.3 Å². The number of carbonyl (C=O) groups excluding carboxylic acids is 1. The second-order valence-electron chi connectivity index (χ2n) is 7.64. The number of fused-ring (bicyclic) bond motifs is 1. The smallest absolute Gasteiger partial charge is 0.316 e. The van der Waals surface area contributed by atoms with Crippen molar-refractivity contribution in [1.29, 1.82) is 0 Å². The monoisotopic (exact) mass is 426 g/mol. The molecule has 3 heterocycles. The molecule has 1 fully saturated rings. The highest BCUT2D eigenvalue weighted by atomic mass is 19.1. The predicted octanol–water partition coefficient (Wildman–Crippen LogP) is 1.90. The number of H-pyrrole nitrogens is 1. The number of carbonyl (C=O) groups is 1. The third kappa shape index (κ3) is 4.19. The molecule has 0 spiro atoms. The molecular weight excluding hydrogens is 403 g/mol. The predicted molar refractivity (Wildman–Crippen MR) is 115 cm³/mol. The normalized spacial score (nSPS) is 18.8. The average Bonchev–Trinajstić information content (AvgIpc) is 2.74. The number of aromatic nitrogens is 3. The van der Waals surface area contributed by atoms with Crippen LogP contribution in [0.15, 0.2) is 35.4 Å². The summed E-state index contributed by atoms with van der Waals surface area (Å²) in [5.41, 5.74) is 0.896. The van der Waals surface area contributed by atoms with Crippen LogP contribution in [0, 0.1) is 5.82 Å². The molecule has 2 aromatic heterocycles. The van der Waals surface area contributed by atoms with Crippen LogP contribution < -0.4 is 25.8 Å². The van der Waals surface area contributed by atoms with Crippen molar-refractivity contribution >= 4 is 28.2 Å². The first-order chi connectivity index (χ1) is 14.9. The molecule has 162 valence electrons. The molecule has 0 unspecified atom stereocenters. The fraction of sp³-hybridized carbons (Fsp3) is 0.333. The Morgan fingerprint density at radius 1 is 1.29 bits per heavy atom. The highest BCUT2D eigenvalue weighted by Gasteiger charge is 2.24. The Kier molecular flexibility index (Phi) is 5.55. The standard InChI is InChI=1S/C21H23FN6O3/c1-11-9-28(10-12(2)25-11)17-5-4-14(18-15(17)8-24-21(27-18)31-3)19(29)26-13-6-16(22)20(30)23-7-13/h4-8,11-12,25H,9-10H2,1-3H3,(H,23,30)(H,26,29)/t11-,12-/m0/s1. The molecule has 3 N–H and O–H groups in total. The molecule has 9 nitrogen and oxygen atoms in total. The Morgan fingerprint density at radius 2 is 2.03 bits per heavy atom. The van der Waals surface area contributed by atoms with Gasteiger partial charge in [0.05, 0.1) is 23.9 Å². The Bertz CT molecular complexity index is 1190. The number of ether oxygens (including phenoxy) is 1. The van der Waals surface area contributed by atoms with Crippen molar-refractivity contribution in [2.75, 3.05) is 30.4 Å². The maximum atomic E-state index is 13.6. The van der Waals surface area contributed by atoms with E-state index in [0.717, 1.165) is 24.8 Å². The number of pyridine rings is 1. The van der Waals surface area contributed by atoms with Gasteiger partial charge in [-0.1, -0.05) is 0 Å². The topological polar surface area (TPSA) is 112 Å². The van der Waals surface area contributed by atoms with Gasteiger partial charge in [0.25, 0.3) is 11.5 Å². The van der Waals surface area contributed by atoms with Gasteiger partial charge in [0.1, 0.15) is 0 Å². The van der Waals surface area contributed by atoms with Crippen LogP contribution in [-0.2, 0) is 0 Å². The van der Waals surface area contributed by atoms with Gasteiger partial charge in [0.15, 0.2) is 5.82 Å². The Hall–Kier alpha value is -3.53. The number of rotatable bonds is 4. The molecule has 4 rings (SSSR count). The molecule has 1 aromatic carbocycles. The number of anilines is 2. The van der Waals surface area contributed by atoms with E-state index in [9.17, 15) is 14.0 Å². The lowest BCUT2D eigenvalue weighted by Crippen LogP contribution is -2.54. The first-order valence-electron chi connectivity index (χ1n) is 9.90. The zero-order valence-electron chi connectivity index (χ0n) is 17.4. The summed E-state index contributed by atoms with van der Waals surface area (Å²) in [7, 11) is 1.45. The van der Waals surface area contributed by atoms with Crippen LogP contribution >= 0.6 is 0 Å². The van der Waals surface area contributed by atoms with Crippen LogP contribution in [0.5, 0.6) is 6.01 Å². The van der Waals surface area contributed by atoms with Gasteiger partial charge >= 0.3 is 6.01 Å². The van der Waals surface area contributed by atoms with Gasteiger partial charge < -0.3 is 25.3 Å². The van der Waals surface area contributed by atoms with E-state index in [4.69, 9.17) is 4.74 Å². The van der Waals surface area contributed by atoms with Crippen molar-refractivity contribution < 1.29 is 13.9 Å². The van der Waals surface area contributed by atoms with Gasteiger partial charge in [-0.2, -0.15) is 4.98 Å². The number of hydrogen-bond donors (Lipinski definition) is 3. The number of hydrogen-bond acceptors (Lipinski definition) is 7. The minimum absolute atomic E-state index is 0.130. The van der Waals surface area contributed by atoms with Crippen molar-refractivity contribution in [3.05, 3.63) is 52.3 Å². The fourth-order valence-electron chi connectivity index (χ4n) is 3.90. The highest BCUT2D eigenvalue weighted by Crippen LogP contribution is 2.30. The van der Waals surface area contributed by atoms with Crippen molar-refractivity contribution in [3.8, 4) is 6.01 Å². The summed E-state index contributed by atoms with van der Waals surface area (Å²) in [6.07, 6.45) is 2.88. The number of aromatic amines is 1. The number of nitrogens with one attached hydrogen (secondary N) is 3. The molecule has 1 saturated heterocycles. The molecule has 0 aliphatic carbocycles. The Labute approximate surface area is 177 Å². The van der Waals surface area contributed by atoms with Crippen LogP contribution in [0.1, 0.15) is 24.2 Å². The first-order valence-corrected chi connectivity index (χ1v) is 9.90. The minimum atomic E-state index is -0.982. The van der Waals surface area contributed by atoms with E-state index in [1.165, 1.54) is 13.3 Å². The summed E-state index contributed by atoms with van der Waals surface area (Å²) in [6.45, 7) is 5.84. The van der Waals surface area contributed by atoms with Crippen molar-refractivity contribution in [2.45, 2.75) is 25.9 Å². The lowest BCUT2D eigenvalue weighted by molar-refractivity contribution is 0.102. The van der Waals surface area contributed by atoms with E-state index in [-0.39, 0.29) is 17.3 Å². The van der Waals surface area contributed by atoms with Crippen LogP contribution in [0.3, 0.4) is 0 Å². The molecule has 3 aromatic rings. The number of amides is 1. The minimum Gasteiger partial charge on any atom is -0.467 e. The quantitative estimate of drug-likeness (QED) is 0.584. The maximum absolute atomic E-state index is 13.6. The maximum Gasteiger partial charge on any atom is 0.316 e. The zero-order chi connectivity index (χ0) is 22.1. The summed E-state index contributed by atoms with van der Waals surface area (Å²) in [6, 6.07) is 5.25. The Morgan fingerprint density at radius 3 is 2.71 bits per heavy atom. The van der Waals surface area contributed by atoms with Crippen molar-refractivity contribution in [2.24, 2.45) is 0 Å². The number of halogens is 1. The molecule has 1 aliphatic heterocycles. The molecule has 0 saturated carbocycles. The molecule has 2 atom stereocenters. The van der Waals surface area contributed by atoms with Gasteiger partial charge in [0.2, 0.25) is 0 Å². The lowest BCUT2D eigenvalue weighted by atomic mass is 10.0. The fourth-order valence-corrected chi connectivity index (χ4v) is 3.90. The second-order valence-corrected chi connectivity index (χ2v) is 7.64. The van der Waals surface area contributed by atoms with E-state index in [1.807, 2.05) is 6.07 Å². The van der Waals surface area contributed by atoms with Crippen LogP contribution in [0.4, 0.5) is 15.8 Å². The van der Waals surface area contributed by atoms with E-state index in [1.54, 1.807) is 12.3 Å². The van der Waals surface area contributed by atoms with Crippen molar-refractivity contribution in [3.63, 3.8) is 0 Å². The van der Waals surface area contributed by atoms with E-state index < -0.39 is 17.3 Å². The molecule has 0 bridgehead atoms. The summed E-state index contributed by atoms with van der Waals surface area (Å²) >= 11 is 0. The summed E-state index contributed by atoms with van der Waals surface area (Å²) in [5, 5.41) is 6.80. The van der Waals surface area contributed by atoms with Gasteiger partial charge in [0, 0.05) is 54.7 Å². The SMILES string of the molecule is COc1ncc2c(N3C[C@H](C)N[C@@H](C)C3)ccc(C(=O)Nc3c[nH]c(=O)c(F)c3)c2n1. The van der Waals surface area contributed by atoms with Crippen LogP contribution in [-0.4, -0.2) is 53.1 Å². The average molecular weight is 426 g/mol. The van der Waals surface area contributed by atoms with E-state index in [0.29, 0.717) is 23.0 Å². The number of benzene rings is 1. The second kappa shape index (κ2) is 8.31. The van der Waals surface area contributed by atoms with Crippen LogP contribution in [0.25, 0.3) is 10.9 Å². The van der Waals surface area contributed by atoms with E-state index >= 15 is 0 Å². The van der Waals surface area contributed by atoms with Gasteiger partial charge in [-0.15, -0.1) is 0 Å². The molecule has 10 heteroatoms. The summed E-state index contributed by atoms with van der Waals surface area (Å²) in [4.78, 5) is 37.3. The third-order valence-corrected chi connectivity index (χ3v) is 5.15. The number of methoxy groups -OCH3 is 1. The van der Waals surface area contributed by atoms with Gasteiger partial charge in [-0.3, -0.25) is 9.59 Å². The molecule has 1 amide bonds. The number of nitrogens with zero attached hydrogens (tertiary/aromatic N) is 3. The summed E-state index contributed by atoms with van der Waals surface area (Å²) in [5.74, 6) is -1.48. The largest absolute Gasteiger partial charge is 0.467 e. The third-order valence-electron chi connectivity index (χ3n) is 5.15. The molecule has 1 aliphatic rings. The molecular formula is C21H23FN6O3.